The second-order valence-electron chi connectivity index (χ2n) is 7.65. The number of hydrogen-bond donors (Lipinski definition) is 1. The number of rotatable bonds is 6. The average Bonchev–Trinajstić information content (AvgIpc) is 2.79. The smallest absolute Gasteiger partial charge is 0.256 e. The number of nitrogens with zero attached hydrogens (tertiary/aromatic N) is 2. The molecule has 0 atom stereocenters. The number of hydrogen-bond acceptors (Lipinski definition) is 4. The lowest BCUT2D eigenvalue weighted by atomic mass is 10.0. The quantitative estimate of drug-likeness (QED) is 0.472. The molecule has 1 heterocycles. The van der Waals surface area contributed by atoms with Gasteiger partial charge in [0, 0.05) is 23.2 Å². The minimum absolute atomic E-state index is 0.153. The summed E-state index contributed by atoms with van der Waals surface area (Å²) in [6, 6.07) is 25.1. The fourth-order valence-electron chi connectivity index (χ4n) is 3.58. The first-order chi connectivity index (χ1) is 15.0. The van der Waals surface area contributed by atoms with Crippen LogP contribution in [0.2, 0.25) is 0 Å². The van der Waals surface area contributed by atoms with Gasteiger partial charge in [-0.1, -0.05) is 36.4 Å². The zero-order chi connectivity index (χ0) is 21.8. The van der Waals surface area contributed by atoms with Crippen LogP contribution in [0.25, 0.3) is 22.2 Å². The molecule has 1 N–H and O–H groups in total. The van der Waals surface area contributed by atoms with Crippen molar-refractivity contribution in [1.29, 1.82) is 0 Å². The van der Waals surface area contributed by atoms with E-state index < -0.39 is 0 Å². The molecule has 0 aliphatic heterocycles. The van der Waals surface area contributed by atoms with Gasteiger partial charge in [0.15, 0.2) is 0 Å². The Labute approximate surface area is 182 Å². The van der Waals surface area contributed by atoms with Gasteiger partial charge in [-0.3, -0.25) is 4.79 Å². The summed E-state index contributed by atoms with van der Waals surface area (Å²) < 4.78 is 5.25. The van der Waals surface area contributed by atoms with E-state index in [0.717, 1.165) is 45.7 Å². The summed E-state index contributed by atoms with van der Waals surface area (Å²) in [5, 5.41) is 3.93. The number of methoxy groups -OCH3 is 1. The van der Waals surface area contributed by atoms with Crippen LogP contribution < -0.4 is 10.1 Å². The van der Waals surface area contributed by atoms with E-state index >= 15 is 0 Å². The molecule has 0 aliphatic carbocycles. The Morgan fingerprint density at radius 1 is 0.968 bits per heavy atom. The number of para-hydroxylation sites is 2. The van der Waals surface area contributed by atoms with Gasteiger partial charge < -0.3 is 15.0 Å². The molecular formula is C26H25N3O2. The monoisotopic (exact) mass is 411 g/mol. The summed E-state index contributed by atoms with van der Waals surface area (Å²) in [7, 11) is 5.66. The molecule has 0 bridgehead atoms. The molecule has 0 saturated heterocycles. The number of benzene rings is 3. The molecule has 1 aromatic heterocycles. The maximum atomic E-state index is 13.4. The minimum atomic E-state index is -0.153. The van der Waals surface area contributed by atoms with Gasteiger partial charge in [-0.15, -0.1) is 0 Å². The van der Waals surface area contributed by atoms with Crippen molar-refractivity contribution in [1.82, 2.24) is 9.88 Å². The molecule has 156 valence electrons. The zero-order valence-corrected chi connectivity index (χ0v) is 17.9. The molecule has 1 amide bonds. The van der Waals surface area contributed by atoms with Crippen LogP contribution in [0, 0.1) is 0 Å². The largest absolute Gasteiger partial charge is 0.497 e. The highest BCUT2D eigenvalue weighted by molar-refractivity contribution is 6.13. The fraction of sp³-hybridized carbons (Fsp3) is 0.154. The molecule has 0 aliphatic rings. The van der Waals surface area contributed by atoms with Crippen LogP contribution in [-0.4, -0.2) is 37.0 Å². The highest BCUT2D eigenvalue weighted by Crippen LogP contribution is 2.27. The summed E-state index contributed by atoms with van der Waals surface area (Å²) in [5.41, 5.74) is 4.92. The molecular weight excluding hydrogens is 386 g/mol. The van der Waals surface area contributed by atoms with E-state index in [2.05, 4.69) is 10.2 Å². The SMILES string of the molecule is COc1ccc(-c2cc(C(=O)Nc3ccccc3CN(C)C)c3ccccc3n2)cc1. The third-order valence-corrected chi connectivity index (χ3v) is 5.10. The first kappa shape index (κ1) is 20.6. The number of nitrogens with one attached hydrogen (secondary N) is 1. The molecule has 4 rings (SSSR count). The van der Waals surface area contributed by atoms with E-state index in [4.69, 9.17) is 9.72 Å². The van der Waals surface area contributed by atoms with E-state index in [-0.39, 0.29) is 5.91 Å². The van der Waals surface area contributed by atoms with Crippen molar-refractivity contribution in [2.45, 2.75) is 6.54 Å². The molecule has 5 nitrogen and oxygen atoms in total. The van der Waals surface area contributed by atoms with Crippen LogP contribution in [0.1, 0.15) is 15.9 Å². The van der Waals surface area contributed by atoms with E-state index in [0.29, 0.717) is 5.56 Å². The Morgan fingerprint density at radius 2 is 1.68 bits per heavy atom. The van der Waals surface area contributed by atoms with Gasteiger partial charge in [0.25, 0.3) is 5.91 Å². The van der Waals surface area contributed by atoms with Gasteiger partial charge in [-0.2, -0.15) is 0 Å². The second kappa shape index (κ2) is 8.98. The molecule has 0 saturated carbocycles. The third-order valence-electron chi connectivity index (χ3n) is 5.10. The molecule has 31 heavy (non-hydrogen) atoms. The molecule has 0 fully saturated rings. The number of pyridine rings is 1. The molecule has 0 unspecified atom stereocenters. The highest BCUT2D eigenvalue weighted by atomic mass is 16.5. The average molecular weight is 412 g/mol. The number of anilines is 1. The second-order valence-corrected chi connectivity index (χ2v) is 7.65. The lowest BCUT2D eigenvalue weighted by Gasteiger charge is -2.16. The number of ether oxygens (including phenoxy) is 1. The number of carbonyl (C=O) groups excluding carboxylic acids is 1. The van der Waals surface area contributed by atoms with Crippen LogP contribution >= 0.6 is 0 Å². The van der Waals surface area contributed by atoms with E-state index in [1.807, 2.05) is 93.0 Å². The van der Waals surface area contributed by atoms with Crippen molar-refractivity contribution in [3.63, 3.8) is 0 Å². The minimum Gasteiger partial charge on any atom is -0.497 e. The predicted molar refractivity (Wildman–Crippen MR) is 126 cm³/mol. The maximum Gasteiger partial charge on any atom is 0.256 e. The lowest BCUT2D eigenvalue weighted by Crippen LogP contribution is -2.17. The van der Waals surface area contributed by atoms with E-state index in [1.165, 1.54) is 0 Å². The lowest BCUT2D eigenvalue weighted by molar-refractivity contribution is 0.102. The Balaban J connectivity index is 1.75. The van der Waals surface area contributed by atoms with Crippen molar-refractivity contribution in [3.05, 3.63) is 90.0 Å². The summed E-state index contributed by atoms with van der Waals surface area (Å²) in [4.78, 5) is 20.2. The summed E-state index contributed by atoms with van der Waals surface area (Å²) in [6.45, 7) is 0.741. The zero-order valence-electron chi connectivity index (χ0n) is 17.9. The summed E-state index contributed by atoms with van der Waals surface area (Å²) >= 11 is 0. The Kier molecular flexibility index (Phi) is 5.96. The van der Waals surface area contributed by atoms with Gasteiger partial charge in [0.1, 0.15) is 5.75 Å². The van der Waals surface area contributed by atoms with Crippen LogP contribution in [0.4, 0.5) is 5.69 Å². The van der Waals surface area contributed by atoms with Crippen LogP contribution in [0.3, 0.4) is 0 Å². The van der Waals surface area contributed by atoms with Gasteiger partial charge in [0.2, 0.25) is 0 Å². The van der Waals surface area contributed by atoms with Gasteiger partial charge in [-0.05, 0) is 62.1 Å². The number of fused-ring (bicyclic) bond motifs is 1. The van der Waals surface area contributed by atoms with E-state index in [1.54, 1.807) is 7.11 Å². The normalized spacial score (nSPS) is 11.0. The Hall–Kier alpha value is -3.70. The van der Waals surface area contributed by atoms with Gasteiger partial charge in [-0.25, -0.2) is 4.98 Å². The Bertz CT molecular complexity index is 1220. The number of amides is 1. The molecule has 0 spiro atoms. The Morgan fingerprint density at radius 3 is 2.42 bits per heavy atom. The number of aromatic nitrogens is 1. The topological polar surface area (TPSA) is 54.5 Å². The standard InChI is InChI=1S/C26H25N3O2/c1-29(2)17-19-8-4-6-10-23(19)28-26(30)22-16-25(18-12-14-20(31-3)15-13-18)27-24-11-7-5-9-21(22)24/h4-16H,17H2,1-3H3,(H,28,30). The first-order valence-corrected chi connectivity index (χ1v) is 10.1. The van der Waals surface area contributed by atoms with Gasteiger partial charge in [0.05, 0.1) is 23.9 Å². The first-order valence-electron chi connectivity index (χ1n) is 10.1. The summed E-state index contributed by atoms with van der Waals surface area (Å²) in [5.74, 6) is 0.625. The summed E-state index contributed by atoms with van der Waals surface area (Å²) in [6.07, 6.45) is 0. The third kappa shape index (κ3) is 4.57. The maximum absolute atomic E-state index is 13.4. The van der Waals surface area contributed by atoms with Crippen molar-refractivity contribution < 1.29 is 9.53 Å². The van der Waals surface area contributed by atoms with Crippen molar-refractivity contribution in [2.75, 3.05) is 26.5 Å². The fourth-order valence-corrected chi connectivity index (χ4v) is 3.58. The van der Waals surface area contributed by atoms with Crippen LogP contribution in [0.5, 0.6) is 5.75 Å². The molecule has 0 radical (unpaired) electrons. The number of carbonyl (C=O) groups is 1. The van der Waals surface area contributed by atoms with Crippen LogP contribution in [-0.2, 0) is 6.54 Å². The van der Waals surface area contributed by atoms with Crippen molar-refractivity contribution in [3.8, 4) is 17.0 Å². The molecule has 4 aromatic rings. The highest BCUT2D eigenvalue weighted by Gasteiger charge is 2.15. The van der Waals surface area contributed by atoms with Gasteiger partial charge >= 0.3 is 0 Å². The van der Waals surface area contributed by atoms with Crippen molar-refractivity contribution >= 4 is 22.5 Å². The van der Waals surface area contributed by atoms with Crippen LogP contribution in [0.15, 0.2) is 78.9 Å². The molecule has 3 aromatic carbocycles. The van der Waals surface area contributed by atoms with Crippen molar-refractivity contribution in [2.24, 2.45) is 0 Å². The van der Waals surface area contributed by atoms with E-state index in [9.17, 15) is 4.79 Å². The molecule has 5 heteroatoms. The predicted octanol–water partition coefficient (Wildman–Crippen LogP) is 5.22.